The topological polar surface area (TPSA) is 115 Å². The van der Waals surface area contributed by atoms with Crippen molar-refractivity contribution in [3.63, 3.8) is 0 Å². The molecule has 0 spiro atoms. The first-order valence-corrected chi connectivity index (χ1v) is 8.84. The molecule has 2 aromatic carbocycles. The van der Waals surface area contributed by atoms with E-state index in [0.29, 0.717) is 22.0 Å². The van der Waals surface area contributed by atoms with Crippen LogP contribution in [0.15, 0.2) is 61.2 Å². The maximum absolute atomic E-state index is 12.1. The van der Waals surface area contributed by atoms with E-state index in [1.165, 1.54) is 17.3 Å². The molecule has 0 unspecified atom stereocenters. The molecule has 1 heterocycles. The van der Waals surface area contributed by atoms with Crippen LogP contribution in [-0.2, 0) is 14.3 Å². The van der Waals surface area contributed by atoms with Gasteiger partial charge in [-0.05, 0) is 30.3 Å². The van der Waals surface area contributed by atoms with Crippen molar-refractivity contribution in [2.45, 2.75) is 0 Å². The standard InChI is InChI=1S/C19H16ClN5O4/c20-14-6-7-16(25-12-21-11-23-25)15(8-14)24-17(26)10-29-18(27)9-22-19(28)13-4-2-1-3-5-13/h1-8,11-12H,9-10H2,(H,22,28)(H,24,26). The van der Waals surface area contributed by atoms with Crippen LogP contribution in [0.4, 0.5) is 5.69 Å². The van der Waals surface area contributed by atoms with Crippen LogP contribution in [0.25, 0.3) is 5.69 Å². The molecule has 29 heavy (non-hydrogen) atoms. The van der Waals surface area contributed by atoms with Crippen molar-refractivity contribution < 1.29 is 19.1 Å². The molecule has 0 fully saturated rings. The molecule has 0 atom stereocenters. The van der Waals surface area contributed by atoms with Gasteiger partial charge in [-0.1, -0.05) is 29.8 Å². The molecule has 0 bridgehead atoms. The Bertz CT molecular complexity index is 1010. The fraction of sp³-hybridized carbons (Fsp3) is 0.105. The monoisotopic (exact) mass is 413 g/mol. The largest absolute Gasteiger partial charge is 0.454 e. The van der Waals surface area contributed by atoms with Crippen LogP contribution >= 0.6 is 11.6 Å². The first-order chi connectivity index (χ1) is 14.0. The van der Waals surface area contributed by atoms with E-state index in [0.717, 1.165) is 0 Å². The molecule has 3 aromatic rings. The number of anilines is 1. The molecule has 0 aliphatic rings. The highest BCUT2D eigenvalue weighted by atomic mass is 35.5. The van der Waals surface area contributed by atoms with Crippen LogP contribution in [0.2, 0.25) is 5.02 Å². The van der Waals surface area contributed by atoms with Crippen LogP contribution in [-0.4, -0.2) is 45.7 Å². The Labute approximate surface area is 170 Å². The summed E-state index contributed by atoms with van der Waals surface area (Å²) in [5, 5.41) is 9.45. The van der Waals surface area contributed by atoms with Gasteiger partial charge in [0.25, 0.3) is 11.8 Å². The van der Waals surface area contributed by atoms with Crippen LogP contribution in [0.3, 0.4) is 0 Å². The lowest BCUT2D eigenvalue weighted by molar-refractivity contribution is -0.146. The fourth-order valence-electron chi connectivity index (χ4n) is 2.37. The first-order valence-electron chi connectivity index (χ1n) is 8.46. The third kappa shape index (κ3) is 5.63. The Morgan fingerprint density at radius 2 is 1.90 bits per heavy atom. The summed E-state index contributed by atoms with van der Waals surface area (Å²) in [6, 6.07) is 13.3. The van der Waals surface area contributed by atoms with E-state index < -0.39 is 24.4 Å². The zero-order chi connectivity index (χ0) is 20.6. The van der Waals surface area contributed by atoms with E-state index in [2.05, 4.69) is 20.7 Å². The van der Waals surface area contributed by atoms with Crippen LogP contribution in [0.1, 0.15) is 10.4 Å². The van der Waals surface area contributed by atoms with Gasteiger partial charge in [0.1, 0.15) is 19.2 Å². The molecule has 0 saturated carbocycles. The maximum atomic E-state index is 12.1. The molecule has 0 saturated heterocycles. The fourth-order valence-corrected chi connectivity index (χ4v) is 2.54. The van der Waals surface area contributed by atoms with Gasteiger partial charge in [0.15, 0.2) is 6.61 Å². The second-order valence-electron chi connectivity index (χ2n) is 5.76. The van der Waals surface area contributed by atoms with E-state index in [9.17, 15) is 14.4 Å². The molecular formula is C19H16ClN5O4. The predicted molar refractivity (Wildman–Crippen MR) is 105 cm³/mol. The number of rotatable bonds is 7. The summed E-state index contributed by atoms with van der Waals surface area (Å²) in [4.78, 5) is 39.7. The summed E-state index contributed by atoms with van der Waals surface area (Å²) in [5.41, 5.74) is 1.34. The predicted octanol–water partition coefficient (Wildman–Crippen LogP) is 1.83. The third-order valence-electron chi connectivity index (χ3n) is 3.69. The molecule has 148 valence electrons. The SMILES string of the molecule is O=C(COC(=O)CNC(=O)c1ccccc1)Nc1cc(Cl)ccc1-n1cncn1. The van der Waals surface area contributed by atoms with Gasteiger partial charge >= 0.3 is 5.97 Å². The van der Waals surface area contributed by atoms with Crippen LogP contribution < -0.4 is 10.6 Å². The van der Waals surface area contributed by atoms with Crippen molar-refractivity contribution in [1.82, 2.24) is 20.1 Å². The molecule has 10 heteroatoms. The number of nitrogens with zero attached hydrogens (tertiary/aromatic N) is 3. The smallest absolute Gasteiger partial charge is 0.325 e. The van der Waals surface area contributed by atoms with Crippen molar-refractivity contribution in [2.24, 2.45) is 0 Å². The Morgan fingerprint density at radius 3 is 2.62 bits per heavy atom. The number of hydrogen-bond acceptors (Lipinski definition) is 6. The minimum absolute atomic E-state index is 0.359. The number of hydrogen-bond donors (Lipinski definition) is 2. The van der Waals surface area contributed by atoms with Gasteiger partial charge in [0.2, 0.25) is 0 Å². The lowest BCUT2D eigenvalue weighted by Gasteiger charge is -2.12. The Kier molecular flexibility index (Phi) is 6.54. The minimum atomic E-state index is -0.743. The lowest BCUT2D eigenvalue weighted by atomic mass is 10.2. The van der Waals surface area contributed by atoms with Gasteiger partial charge < -0.3 is 15.4 Å². The number of esters is 1. The second kappa shape index (κ2) is 9.47. The van der Waals surface area contributed by atoms with Gasteiger partial charge in [-0.2, -0.15) is 5.10 Å². The van der Waals surface area contributed by atoms with Crippen molar-refractivity contribution in [3.05, 3.63) is 71.8 Å². The number of amides is 2. The highest BCUT2D eigenvalue weighted by molar-refractivity contribution is 6.31. The van der Waals surface area contributed by atoms with Crippen molar-refractivity contribution in [3.8, 4) is 5.69 Å². The molecule has 0 aliphatic carbocycles. The average Bonchev–Trinajstić information content (AvgIpc) is 3.26. The van der Waals surface area contributed by atoms with Crippen molar-refractivity contribution in [2.75, 3.05) is 18.5 Å². The zero-order valence-electron chi connectivity index (χ0n) is 15.0. The number of nitrogens with one attached hydrogen (secondary N) is 2. The minimum Gasteiger partial charge on any atom is -0.454 e. The summed E-state index contributed by atoms with van der Waals surface area (Å²) in [7, 11) is 0. The molecule has 2 N–H and O–H groups in total. The van der Waals surface area contributed by atoms with Crippen molar-refractivity contribution >= 4 is 35.1 Å². The number of benzene rings is 2. The highest BCUT2D eigenvalue weighted by Crippen LogP contribution is 2.23. The normalized spacial score (nSPS) is 10.2. The molecule has 9 nitrogen and oxygen atoms in total. The van der Waals surface area contributed by atoms with E-state index in [-0.39, 0.29) is 6.54 Å². The van der Waals surface area contributed by atoms with Gasteiger partial charge in [-0.3, -0.25) is 14.4 Å². The summed E-state index contributed by atoms with van der Waals surface area (Å²) in [5.74, 6) is -1.73. The number of carbonyl (C=O) groups excluding carboxylic acids is 3. The number of ether oxygens (including phenoxy) is 1. The highest BCUT2D eigenvalue weighted by Gasteiger charge is 2.13. The number of aromatic nitrogens is 3. The summed E-state index contributed by atoms with van der Waals surface area (Å²) in [6.07, 6.45) is 2.82. The average molecular weight is 414 g/mol. The maximum Gasteiger partial charge on any atom is 0.325 e. The Balaban J connectivity index is 1.51. The van der Waals surface area contributed by atoms with Gasteiger partial charge in [-0.25, -0.2) is 9.67 Å². The number of carbonyl (C=O) groups is 3. The molecule has 2 amide bonds. The van der Waals surface area contributed by atoms with Gasteiger partial charge in [0, 0.05) is 10.6 Å². The second-order valence-corrected chi connectivity index (χ2v) is 6.20. The molecule has 0 aliphatic heterocycles. The molecular weight excluding hydrogens is 398 g/mol. The van der Waals surface area contributed by atoms with E-state index in [4.69, 9.17) is 16.3 Å². The quantitative estimate of drug-likeness (QED) is 0.571. The number of halogens is 1. The van der Waals surface area contributed by atoms with E-state index in [1.54, 1.807) is 48.5 Å². The molecule has 0 radical (unpaired) electrons. The zero-order valence-corrected chi connectivity index (χ0v) is 15.8. The molecule has 1 aromatic heterocycles. The van der Waals surface area contributed by atoms with Crippen LogP contribution in [0.5, 0.6) is 0 Å². The van der Waals surface area contributed by atoms with E-state index in [1.807, 2.05) is 0 Å². The summed E-state index contributed by atoms with van der Waals surface area (Å²) in [6.45, 7) is -0.883. The molecule has 3 rings (SSSR count). The summed E-state index contributed by atoms with van der Waals surface area (Å²) < 4.78 is 6.35. The lowest BCUT2D eigenvalue weighted by Crippen LogP contribution is -2.32. The first kappa shape index (κ1) is 20.0. The van der Waals surface area contributed by atoms with E-state index >= 15 is 0 Å². The Hall–Kier alpha value is -3.72. The summed E-state index contributed by atoms with van der Waals surface area (Å²) >= 11 is 5.99. The van der Waals surface area contributed by atoms with Crippen molar-refractivity contribution in [1.29, 1.82) is 0 Å². The van der Waals surface area contributed by atoms with Gasteiger partial charge in [-0.15, -0.1) is 0 Å². The van der Waals surface area contributed by atoms with Gasteiger partial charge in [0.05, 0.1) is 11.4 Å². The van der Waals surface area contributed by atoms with Crippen LogP contribution in [0, 0.1) is 0 Å². The Morgan fingerprint density at radius 1 is 1.10 bits per heavy atom. The third-order valence-corrected chi connectivity index (χ3v) is 3.93.